The van der Waals surface area contributed by atoms with Gasteiger partial charge in [-0.1, -0.05) is 17.9 Å². The number of benzene rings is 2. The van der Waals surface area contributed by atoms with E-state index in [-0.39, 0.29) is 21.9 Å². The predicted octanol–water partition coefficient (Wildman–Crippen LogP) is 4.02. The SMILES string of the molecule is CC(=O)Nc1cccc(S(C)(=O)=NC(=O)c2cncc(C#Cc3cc(F)cc(F)c3)c2)c1. The van der Waals surface area contributed by atoms with Crippen LogP contribution in [0.4, 0.5) is 14.5 Å². The van der Waals surface area contributed by atoms with Crippen LogP contribution >= 0.6 is 0 Å². The number of pyridine rings is 1. The first-order valence-electron chi connectivity index (χ1n) is 9.20. The van der Waals surface area contributed by atoms with Crippen molar-refractivity contribution in [2.45, 2.75) is 11.8 Å². The maximum absolute atomic E-state index is 13.3. The molecule has 32 heavy (non-hydrogen) atoms. The maximum atomic E-state index is 13.3. The molecule has 1 atom stereocenters. The highest BCUT2D eigenvalue weighted by Crippen LogP contribution is 2.18. The first-order valence-corrected chi connectivity index (χ1v) is 11.1. The number of hydrogen-bond acceptors (Lipinski definition) is 4. The summed E-state index contributed by atoms with van der Waals surface area (Å²) in [6.45, 7) is 1.34. The average molecular weight is 453 g/mol. The first kappa shape index (κ1) is 22.8. The molecule has 162 valence electrons. The monoisotopic (exact) mass is 453 g/mol. The van der Waals surface area contributed by atoms with Crippen LogP contribution in [0.2, 0.25) is 0 Å². The van der Waals surface area contributed by atoms with Gasteiger partial charge in [0.15, 0.2) is 0 Å². The molecule has 0 aliphatic heterocycles. The van der Waals surface area contributed by atoms with E-state index < -0.39 is 27.3 Å². The third-order valence-electron chi connectivity index (χ3n) is 4.05. The van der Waals surface area contributed by atoms with E-state index >= 15 is 0 Å². The number of hydrogen-bond donors (Lipinski definition) is 1. The van der Waals surface area contributed by atoms with E-state index in [1.165, 1.54) is 37.7 Å². The molecule has 2 aromatic carbocycles. The molecule has 0 fully saturated rings. The van der Waals surface area contributed by atoms with Gasteiger partial charge in [0.25, 0.3) is 5.91 Å². The average Bonchev–Trinajstić information content (AvgIpc) is 2.71. The summed E-state index contributed by atoms with van der Waals surface area (Å²) in [7, 11) is -3.12. The lowest BCUT2D eigenvalue weighted by atomic mass is 10.1. The zero-order valence-corrected chi connectivity index (χ0v) is 17.9. The number of carbonyl (C=O) groups is 2. The van der Waals surface area contributed by atoms with Crippen LogP contribution in [0.3, 0.4) is 0 Å². The Labute approximate surface area is 183 Å². The molecule has 3 aromatic rings. The van der Waals surface area contributed by atoms with E-state index in [4.69, 9.17) is 0 Å². The second-order valence-electron chi connectivity index (χ2n) is 6.78. The minimum Gasteiger partial charge on any atom is -0.326 e. The number of nitrogens with zero attached hydrogens (tertiary/aromatic N) is 2. The van der Waals surface area contributed by atoms with Crippen LogP contribution < -0.4 is 5.32 Å². The second kappa shape index (κ2) is 9.49. The lowest BCUT2D eigenvalue weighted by molar-refractivity contribution is -0.114. The van der Waals surface area contributed by atoms with Crippen molar-refractivity contribution >= 4 is 27.2 Å². The van der Waals surface area contributed by atoms with Crippen molar-refractivity contribution in [2.75, 3.05) is 11.6 Å². The summed E-state index contributed by atoms with van der Waals surface area (Å²) in [4.78, 5) is 28.0. The van der Waals surface area contributed by atoms with Crippen LogP contribution in [0.1, 0.15) is 28.4 Å². The number of anilines is 1. The largest absolute Gasteiger partial charge is 0.326 e. The van der Waals surface area contributed by atoms with Crippen LogP contribution in [-0.2, 0) is 14.5 Å². The molecule has 0 spiro atoms. The van der Waals surface area contributed by atoms with Gasteiger partial charge in [0.1, 0.15) is 11.6 Å². The molecule has 0 aliphatic carbocycles. The van der Waals surface area contributed by atoms with Crippen molar-refractivity contribution in [2.24, 2.45) is 4.36 Å². The van der Waals surface area contributed by atoms with Gasteiger partial charge in [-0.15, -0.1) is 0 Å². The van der Waals surface area contributed by atoms with Crippen molar-refractivity contribution < 1.29 is 22.6 Å². The van der Waals surface area contributed by atoms with Crippen molar-refractivity contribution in [1.29, 1.82) is 0 Å². The Balaban J connectivity index is 1.89. The molecule has 6 nitrogen and oxygen atoms in total. The molecule has 2 amide bonds. The maximum Gasteiger partial charge on any atom is 0.286 e. The predicted molar refractivity (Wildman–Crippen MR) is 116 cm³/mol. The van der Waals surface area contributed by atoms with Gasteiger partial charge < -0.3 is 5.32 Å². The fraction of sp³-hybridized carbons (Fsp3) is 0.0870. The van der Waals surface area contributed by atoms with E-state index in [0.29, 0.717) is 11.3 Å². The van der Waals surface area contributed by atoms with E-state index in [1.54, 1.807) is 18.2 Å². The van der Waals surface area contributed by atoms with Crippen LogP contribution in [0.5, 0.6) is 0 Å². The van der Waals surface area contributed by atoms with E-state index in [0.717, 1.165) is 18.2 Å². The van der Waals surface area contributed by atoms with Gasteiger partial charge in [0.05, 0.1) is 15.3 Å². The minimum atomic E-state index is -3.12. The summed E-state index contributed by atoms with van der Waals surface area (Å²) in [5, 5.41) is 2.58. The molecule has 0 radical (unpaired) electrons. The standard InChI is InChI=1S/C23H17F2N3O3S/c1-15(29)27-21-4-3-5-22(12-21)32(2,31)28-23(30)18-8-17(13-26-14-18)7-6-16-9-19(24)11-20(25)10-16/h3-5,8-14H,1-2H3,(H,27,29). The van der Waals surface area contributed by atoms with E-state index in [1.807, 2.05) is 0 Å². The Morgan fingerprint density at radius 3 is 2.38 bits per heavy atom. The van der Waals surface area contributed by atoms with Crippen molar-refractivity contribution in [3.05, 3.63) is 89.2 Å². The zero-order chi connectivity index (χ0) is 23.3. The molecule has 0 bridgehead atoms. The normalized spacial score (nSPS) is 12.1. The Hall–Kier alpha value is -3.90. The quantitative estimate of drug-likeness (QED) is 0.607. The van der Waals surface area contributed by atoms with Crippen LogP contribution in [0.25, 0.3) is 0 Å². The van der Waals surface area contributed by atoms with Gasteiger partial charge in [0.2, 0.25) is 5.91 Å². The molecule has 1 heterocycles. The summed E-state index contributed by atoms with van der Waals surface area (Å²) in [5.41, 5.74) is 0.917. The van der Waals surface area contributed by atoms with Crippen LogP contribution in [0, 0.1) is 23.5 Å². The molecule has 0 saturated carbocycles. The Morgan fingerprint density at radius 1 is 1.00 bits per heavy atom. The van der Waals surface area contributed by atoms with E-state index in [2.05, 4.69) is 26.5 Å². The summed E-state index contributed by atoms with van der Waals surface area (Å²) < 4.78 is 43.5. The molecular weight excluding hydrogens is 436 g/mol. The minimum absolute atomic E-state index is 0.0508. The van der Waals surface area contributed by atoms with Crippen LogP contribution in [0.15, 0.2) is 70.2 Å². The summed E-state index contributed by atoms with van der Waals surface area (Å²) in [5.74, 6) is 2.72. The fourth-order valence-corrected chi connectivity index (χ4v) is 3.88. The first-order chi connectivity index (χ1) is 15.1. The van der Waals surface area contributed by atoms with Gasteiger partial charge in [-0.3, -0.25) is 14.6 Å². The third kappa shape index (κ3) is 6.06. The molecule has 0 saturated heterocycles. The number of nitrogens with one attached hydrogen (secondary N) is 1. The van der Waals surface area contributed by atoms with Crippen molar-refractivity contribution in [3.8, 4) is 11.8 Å². The Bertz CT molecular complexity index is 1380. The van der Waals surface area contributed by atoms with Gasteiger partial charge >= 0.3 is 0 Å². The lowest BCUT2D eigenvalue weighted by Crippen LogP contribution is -2.08. The second-order valence-corrected chi connectivity index (χ2v) is 9.04. The number of aromatic nitrogens is 1. The molecule has 9 heteroatoms. The highest BCUT2D eigenvalue weighted by molar-refractivity contribution is 7.93. The lowest BCUT2D eigenvalue weighted by Gasteiger charge is -2.07. The van der Waals surface area contributed by atoms with Gasteiger partial charge in [-0.2, -0.15) is 4.36 Å². The highest BCUT2D eigenvalue weighted by atomic mass is 32.2. The topological polar surface area (TPSA) is 88.5 Å². The molecule has 1 N–H and O–H groups in total. The summed E-state index contributed by atoms with van der Waals surface area (Å²) in [6, 6.07) is 10.5. The summed E-state index contributed by atoms with van der Waals surface area (Å²) >= 11 is 0. The highest BCUT2D eigenvalue weighted by Gasteiger charge is 2.13. The molecule has 3 rings (SSSR count). The van der Waals surface area contributed by atoms with E-state index in [9.17, 15) is 22.6 Å². The zero-order valence-electron chi connectivity index (χ0n) is 17.1. The molecule has 1 unspecified atom stereocenters. The van der Waals surface area contributed by atoms with Gasteiger partial charge in [-0.05, 0) is 36.4 Å². The fourth-order valence-electron chi connectivity index (χ4n) is 2.67. The van der Waals surface area contributed by atoms with Crippen molar-refractivity contribution in [3.63, 3.8) is 0 Å². The van der Waals surface area contributed by atoms with Crippen LogP contribution in [-0.4, -0.2) is 27.3 Å². The number of amides is 2. The van der Waals surface area contributed by atoms with Gasteiger partial charge in [0, 0.05) is 53.3 Å². The molecular formula is C23H17F2N3O3S. The molecule has 1 aromatic heterocycles. The molecule has 0 aliphatic rings. The third-order valence-corrected chi connectivity index (χ3v) is 5.69. The Kier molecular flexibility index (Phi) is 6.76. The van der Waals surface area contributed by atoms with Gasteiger partial charge in [-0.25, -0.2) is 13.0 Å². The smallest absolute Gasteiger partial charge is 0.286 e. The van der Waals surface area contributed by atoms with Crippen molar-refractivity contribution in [1.82, 2.24) is 4.98 Å². The number of carbonyl (C=O) groups excluding carboxylic acids is 2. The summed E-state index contributed by atoms with van der Waals surface area (Å²) in [6.07, 6.45) is 3.94. The number of rotatable bonds is 3. The number of halogens is 2. The Morgan fingerprint density at radius 2 is 1.69 bits per heavy atom.